The van der Waals surface area contributed by atoms with Gasteiger partial charge in [-0.05, 0) is 75.2 Å². The first-order valence-electron chi connectivity index (χ1n) is 9.56. The van der Waals surface area contributed by atoms with Crippen LogP contribution in [-0.4, -0.2) is 16.0 Å². The minimum absolute atomic E-state index is 0.101. The van der Waals surface area contributed by atoms with Gasteiger partial charge in [-0.3, -0.25) is 14.5 Å². The van der Waals surface area contributed by atoms with Gasteiger partial charge in [-0.2, -0.15) is 0 Å². The molecule has 0 unspecified atom stereocenters. The fourth-order valence-corrected chi connectivity index (χ4v) is 4.53. The third kappa shape index (κ3) is 5.23. The smallest absolute Gasteiger partial charge is 0.293 e. The molecule has 1 fully saturated rings. The van der Waals surface area contributed by atoms with E-state index in [2.05, 4.69) is 15.9 Å². The average Bonchev–Trinajstić information content (AvgIpc) is 3.03. The Bertz CT molecular complexity index is 1220. The van der Waals surface area contributed by atoms with Crippen LogP contribution in [0.2, 0.25) is 5.02 Å². The molecule has 32 heavy (non-hydrogen) atoms. The number of benzene rings is 3. The van der Waals surface area contributed by atoms with Crippen molar-refractivity contribution in [2.24, 2.45) is 0 Å². The van der Waals surface area contributed by atoms with Crippen LogP contribution in [0.4, 0.5) is 9.18 Å². The molecule has 1 aliphatic heterocycles. The Balaban J connectivity index is 1.45. The maximum atomic E-state index is 13.9. The second kappa shape index (κ2) is 9.90. The van der Waals surface area contributed by atoms with Crippen molar-refractivity contribution in [3.63, 3.8) is 0 Å². The zero-order valence-corrected chi connectivity index (χ0v) is 19.7. The quantitative estimate of drug-likeness (QED) is 0.319. The predicted molar refractivity (Wildman–Crippen MR) is 128 cm³/mol. The number of carbonyl (C=O) groups is 2. The molecular weight excluding hydrogens is 517 g/mol. The van der Waals surface area contributed by atoms with Gasteiger partial charge in [0.15, 0.2) is 0 Å². The molecule has 0 N–H and O–H groups in total. The van der Waals surface area contributed by atoms with Crippen LogP contribution in [0, 0.1) is 5.82 Å². The Morgan fingerprint density at radius 2 is 1.81 bits per heavy atom. The minimum Gasteiger partial charge on any atom is -0.488 e. The van der Waals surface area contributed by atoms with E-state index in [1.165, 1.54) is 6.07 Å². The fraction of sp³-hybridized carbons (Fsp3) is 0.0833. The number of thioether (sulfide) groups is 1. The lowest BCUT2D eigenvalue weighted by atomic mass is 10.2. The van der Waals surface area contributed by atoms with Crippen LogP contribution >= 0.6 is 39.3 Å². The van der Waals surface area contributed by atoms with E-state index < -0.39 is 17.0 Å². The zero-order valence-electron chi connectivity index (χ0n) is 16.6. The molecule has 0 aromatic heterocycles. The number of nitrogens with zero attached hydrogens (tertiary/aromatic N) is 1. The first-order valence-corrected chi connectivity index (χ1v) is 11.5. The number of imide groups is 1. The Kier molecular flexibility index (Phi) is 6.98. The van der Waals surface area contributed by atoms with E-state index in [0.717, 1.165) is 27.8 Å². The molecular formula is C24H16BrClFNO3S. The number of amides is 2. The van der Waals surface area contributed by atoms with Crippen LogP contribution in [0.3, 0.4) is 0 Å². The van der Waals surface area contributed by atoms with E-state index in [9.17, 15) is 14.0 Å². The summed E-state index contributed by atoms with van der Waals surface area (Å²) in [6.45, 7) is 0.278. The first-order chi connectivity index (χ1) is 15.4. The summed E-state index contributed by atoms with van der Waals surface area (Å²) in [6.07, 6.45) is 1.64. The van der Waals surface area contributed by atoms with Gasteiger partial charge in [-0.1, -0.05) is 48.0 Å². The largest absolute Gasteiger partial charge is 0.488 e. The Morgan fingerprint density at radius 1 is 1.06 bits per heavy atom. The van der Waals surface area contributed by atoms with Crippen molar-refractivity contribution in [2.75, 3.05) is 0 Å². The number of ether oxygens (including phenoxy) is 1. The summed E-state index contributed by atoms with van der Waals surface area (Å²) in [5, 5.41) is 0.240. The second-order valence-corrected chi connectivity index (χ2v) is 9.25. The van der Waals surface area contributed by atoms with E-state index in [-0.39, 0.29) is 11.4 Å². The van der Waals surface area contributed by atoms with E-state index in [0.29, 0.717) is 27.4 Å². The molecule has 0 atom stereocenters. The van der Waals surface area contributed by atoms with E-state index in [4.69, 9.17) is 16.3 Å². The zero-order chi connectivity index (χ0) is 22.7. The summed E-state index contributed by atoms with van der Waals surface area (Å²) < 4.78 is 20.5. The van der Waals surface area contributed by atoms with Crippen molar-refractivity contribution in [2.45, 2.75) is 13.2 Å². The fourth-order valence-electron chi connectivity index (χ4n) is 3.05. The van der Waals surface area contributed by atoms with Crippen molar-refractivity contribution < 1.29 is 18.7 Å². The SMILES string of the molecule is O=C1S/C(=C\c2ccc(OCc3ccc(Cl)cc3)c(Br)c2)C(=O)N1Cc1ccccc1F. The maximum absolute atomic E-state index is 13.9. The lowest BCUT2D eigenvalue weighted by molar-refractivity contribution is -0.123. The van der Waals surface area contributed by atoms with E-state index in [1.54, 1.807) is 48.5 Å². The minimum atomic E-state index is -0.450. The molecule has 162 valence electrons. The molecule has 8 heteroatoms. The van der Waals surface area contributed by atoms with Gasteiger partial charge in [0.25, 0.3) is 11.1 Å². The molecule has 0 radical (unpaired) electrons. The summed E-state index contributed by atoms with van der Waals surface area (Å²) in [7, 11) is 0. The average molecular weight is 533 g/mol. The van der Waals surface area contributed by atoms with Crippen LogP contribution < -0.4 is 4.74 Å². The molecule has 2 amide bonds. The van der Waals surface area contributed by atoms with Gasteiger partial charge in [0.1, 0.15) is 18.2 Å². The summed E-state index contributed by atoms with van der Waals surface area (Å²) in [5.41, 5.74) is 2.00. The number of rotatable bonds is 6. The highest BCUT2D eigenvalue weighted by Gasteiger charge is 2.35. The molecule has 1 aliphatic rings. The second-order valence-electron chi connectivity index (χ2n) is 6.96. The lowest BCUT2D eigenvalue weighted by Crippen LogP contribution is -2.27. The summed E-state index contributed by atoms with van der Waals surface area (Å²) >= 11 is 10.2. The highest BCUT2D eigenvalue weighted by atomic mass is 79.9. The molecule has 0 spiro atoms. The van der Waals surface area contributed by atoms with Gasteiger partial charge in [-0.25, -0.2) is 4.39 Å². The molecule has 0 aliphatic carbocycles. The van der Waals surface area contributed by atoms with Gasteiger partial charge in [0.05, 0.1) is 15.9 Å². The van der Waals surface area contributed by atoms with Gasteiger partial charge in [0, 0.05) is 10.6 Å². The Hall–Kier alpha value is -2.61. The van der Waals surface area contributed by atoms with Crippen molar-refractivity contribution >= 4 is 56.5 Å². The number of hydrogen-bond acceptors (Lipinski definition) is 4. The Labute approximate surface area is 202 Å². The molecule has 3 aromatic carbocycles. The monoisotopic (exact) mass is 531 g/mol. The van der Waals surface area contributed by atoms with Gasteiger partial charge in [0.2, 0.25) is 0 Å². The van der Waals surface area contributed by atoms with Gasteiger partial charge >= 0.3 is 0 Å². The molecule has 1 heterocycles. The number of hydrogen-bond donors (Lipinski definition) is 0. The highest BCUT2D eigenvalue weighted by Crippen LogP contribution is 2.35. The normalized spacial score (nSPS) is 15.0. The van der Waals surface area contributed by atoms with Crippen molar-refractivity contribution in [1.82, 2.24) is 4.90 Å². The molecule has 0 bridgehead atoms. The first kappa shape index (κ1) is 22.6. The summed E-state index contributed by atoms with van der Waals surface area (Å²) in [6, 6.07) is 18.9. The summed E-state index contributed by atoms with van der Waals surface area (Å²) in [4.78, 5) is 26.4. The number of halogens is 3. The molecule has 0 saturated carbocycles. The van der Waals surface area contributed by atoms with Crippen molar-refractivity contribution in [3.8, 4) is 5.75 Å². The van der Waals surface area contributed by atoms with Crippen LogP contribution in [0.15, 0.2) is 76.1 Å². The highest BCUT2D eigenvalue weighted by molar-refractivity contribution is 9.10. The summed E-state index contributed by atoms with van der Waals surface area (Å²) in [5.74, 6) is -0.249. The van der Waals surface area contributed by atoms with Crippen molar-refractivity contribution in [3.05, 3.63) is 104 Å². The Morgan fingerprint density at radius 3 is 2.53 bits per heavy atom. The van der Waals surface area contributed by atoms with Crippen LogP contribution in [-0.2, 0) is 17.9 Å². The van der Waals surface area contributed by atoms with Gasteiger partial charge < -0.3 is 4.74 Å². The lowest BCUT2D eigenvalue weighted by Gasteiger charge is -2.12. The third-order valence-electron chi connectivity index (χ3n) is 4.72. The van der Waals surface area contributed by atoms with E-state index in [1.807, 2.05) is 18.2 Å². The van der Waals surface area contributed by atoms with Crippen molar-refractivity contribution in [1.29, 1.82) is 0 Å². The standard InChI is InChI=1S/C24H16BrClFNO3S/c25-19-11-16(7-10-21(19)31-14-15-5-8-18(26)9-6-15)12-22-23(29)28(24(30)32-22)13-17-3-1-2-4-20(17)27/h1-12H,13-14H2/b22-12-. The molecule has 4 nitrogen and oxygen atoms in total. The predicted octanol–water partition coefficient (Wildman–Crippen LogP) is 7.06. The molecule has 4 rings (SSSR count). The number of carbonyl (C=O) groups excluding carboxylic acids is 2. The maximum Gasteiger partial charge on any atom is 0.293 e. The van der Waals surface area contributed by atoms with Gasteiger partial charge in [-0.15, -0.1) is 0 Å². The van der Waals surface area contributed by atoms with Crippen LogP contribution in [0.5, 0.6) is 5.75 Å². The van der Waals surface area contributed by atoms with Crippen LogP contribution in [0.1, 0.15) is 16.7 Å². The van der Waals surface area contributed by atoms with Crippen LogP contribution in [0.25, 0.3) is 6.08 Å². The molecule has 1 saturated heterocycles. The van der Waals surface area contributed by atoms with E-state index >= 15 is 0 Å². The molecule has 3 aromatic rings. The third-order valence-corrected chi connectivity index (χ3v) is 6.50. The topological polar surface area (TPSA) is 46.6 Å².